The van der Waals surface area contributed by atoms with Gasteiger partial charge in [0.05, 0.1) is 27.4 Å². The number of hydrogen-bond donors (Lipinski definition) is 2. The summed E-state index contributed by atoms with van der Waals surface area (Å²) in [5.41, 5.74) is -0.358. The molecule has 6 heteroatoms. The Labute approximate surface area is 145 Å². The van der Waals surface area contributed by atoms with Gasteiger partial charge in [-0.05, 0) is 64.2 Å². The van der Waals surface area contributed by atoms with Crippen LogP contribution in [0.15, 0.2) is 24.3 Å². The van der Waals surface area contributed by atoms with Crippen LogP contribution in [-0.2, 0) is 11.0 Å². The van der Waals surface area contributed by atoms with E-state index in [0.717, 1.165) is 5.56 Å². The fourth-order valence-corrected chi connectivity index (χ4v) is 3.95. The van der Waals surface area contributed by atoms with Crippen LogP contribution < -0.4 is 4.72 Å². The Hall–Kier alpha value is -0.490. The van der Waals surface area contributed by atoms with Crippen molar-refractivity contribution in [3.05, 3.63) is 34.9 Å². The molecule has 1 aromatic rings. The van der Waals surface area contributed by atoms with Crippen molar-refractivity contribution in [2.75, 3.05) is 0 Å². The fraction of sp³-hybridized carbons (Fsp3) is 0.647. The second-order valence-electron chi connectivity index (χ2n) is 7.27. The molecule has 3 nitrogen and oxygen atoms in total. The van der Waals surface area contributed by atoms with Crippen LogP contribution in [0, 0.1) is 0 Å². The quantitative estimate of drug-likeness (QED) is 0.849. The highest BCUT2D eigenvalue weighted by Crippen LogP contribution is 2.40. The topological polar surface area (TPSA) is 49.3 Å². The summed E-state index contributed by atoms with van der Waals surface area (Å²) in [6, 6.07) is 6.62. The largest absolute Gasteiger partial charge is 0.388 e. The van der Waals surface area contributed by atoms with Crippen LogP contribution in [0.4, 0.5) is 4.39 Å². The minimum absolute atomic E-state index is 0.317. The highest BCUT2D eigenvalue weighted by atomic mass is 35.5. The predicted octanol–water partition coefficient (Wildman–Crippen LogP) is 4.08. The fourth-order valence-electron chi connectivity index (χ4n) is 2.83. The molecule has 0 bridgehead atoms. The van der Waals surface area contributed by atoms with Crippen LogP contribution in [0.5, 0.6) is 0 Å². The normalized spacial score (nSPS) is 28.3. The molecule has 2 atom stereocenters. The molecule has 0 heterocycles. The zero-order valence-corrected chi connectivity index (χ0v) is 15.4. The van der Waals surface area contributed by atoms with Crippen LogP contribution in [0.25, 0.3) is 0 Å². The predicted molar refractivity (Wildman–Crippen MR) is 93.5 cm³/mol. The van der Waals surface area contributed by atoms with E-state index < -0.39 is 33.5 Å². The first kappa shape index (κ1) is 18.8. The molecule has 0 unspecified atom stereocenters. The third kappa shape index (κ3) is 4.75. The van der Waals surface area contributed by atoms with E-state index in [1.54, 1.807) is 18.2 Å². The molecule has 23 heavy (non-hydrogen) atoms. The summed E-state index contributed by atoms with van der Waals surface area (Å²) in [6.07, 6.45) is 0.428. The van der Waals surface area contributed by atoms with E-state index >= 15 is 0 Å². The van der Waals surface area contributed by atoms with E-state index in [1.165, 1.54) is 0 Å². The third-order valence-corrected chi connectivity index (χ3v) is 6.08. The van der Waals surface area contributed by atoms with Crippen molar-refractivity contribution in [1.82, 2.24) is 4.72 Å². The maximum absolute atomic E-state index is 13.5. The van der Waals surface area contributed by atoms with Gasteiger partial charge >= 0.3 is 0 Å². The van der Waals surface area contributed by atoms with Crippen LogP contribution in [0.3, 0.4) is 0 Å². The van der Waals surface area contributed by atoms with Crippen molar-refractivity contribution in [2.24, 2.45) is 0 Å². The molecule has 2 rings (SSSR count). The third-order valence-electron chi connectivity index (χ3n) is 4.28. The van der Waals surface area contributed by atoms with Gasteiger partial charge in [0.25, 0.3) is 0 Å². The highest BCUT2D eigenvalue weighted by Gasteiger charge is 2.42. The van der Waals surface area contributed by atoms with Crippen LogP contribution >= 0.6 is 11.6 Å². The van der Waals surface area contributed by atoms with E-state index in [2.05, 4.69) is 4.72 Å². The Bertz CT molecular complexity index is 568. The van der Waals surface area contributed by atoms with Crippen LogP contribution in [0.1, 0.15) is 58.1 Å². The molecule has 1 aromatic carbocycles. The Balaban J connectivity index is 2.33. The van der Waals surface area contributed by atoms with Gasteiger partial charge in [-0.1, -0.05) is 23.7 Å². The molecule has 0 aromatic heterocycles. The van der Waals surface area contributed by atoms with Crippen molar-refractivity contribution >= 4 is 22.6 Å². The van der Waals surface area contributed by atoms with E-state index in [-0.39, 0.29) is 0 Å². The Kier molecular flexibility index (Phi) is 5.88. The zero-order chi connectivity index (χ0) is 17.3. The molecule has 0 amide bonds. The lowest BCUT2D eigenvalue weighted by Crippen LogP contribution is -2.49. The van der Waals surface area contributed by atoms with E-state index in [0.29, 0.717) is 30.7 Å². The zero-order valence-electron chi connectivity index (χ0n) is 13.8. The number of alkyl halides is 1. The highest BCUT2D eigenvalue weighted by molar-refractivity contribution is 7.84. The second kappa shape index (κ2) is 7.18. The Morgan fingerprint density at radius 3 is 2.52 bits per heavy atom. The lowest BCUT2D eigenvalue weighted by Gasteiger charge is -2.41. The molecule has 0 aliphatic heterocycles. The maximum Gasteiger partial charge on any atom is 0.100 e. The van der Waals surface area contributed by atoms with Gasteiger partial charge in [-0.25, -0.2) is 13.3 Å². The van der Waals surface area contributed by atoms with Crippen LogP contribution in [-0.4, -0.2) is 25.8 Å². The average molecular weight is 362 g/mol. The summed E-state index contributed by atoms with van der Waals surface area (Å²) in [7, 11) is -1.36. The maximum atomic E-state index is 13.5. The minimum atomic E-state index is -1.36. The van der Waals surface area contributed by atoms with Crippen molar-refractivity contribution in [3.63, 3.8) is 0 Å². The van der Waals surface area contributed by atoms with E-state index in [4.69, 9.17) is 11.6 Å². The summed E-state index contributed by atoms with van der Waals surface area (Å²) >= 11 is 6.08. The molecule has 1 saturated carbocycles. The van der Waals surface area contributed by atoms with Gasteiger partial charge in [0.1, 0.15) is 6.17 Å². The van der Waals surface area contributed by atoms with Crippen LogP contribution in [0.2, 0.25) is 5.02 Å². The summed E-state index contributed by atoms with van der Waals surface area (Å²) in [6.45, 7) is 5.61. The second-order valence-corrected chi connectivity index (χ2v) is 9.70. The van der Waals surface area contributed by atoms with Crippen molar-refractivity contribution < 1.29 is 13.7 Å². The van der Waals surface area contributed by atoms with Gasteiger partial charge in [-0.3, -0.25) is 0 Å². The molecule has 1 aliphatic rings. The number of hydrogen-bond acceptors (Lipinski definition) is 2. The summed E-state index contributed by atoms with van der Waals surface area (Å²) in [5, 5.41) is 11.7. The standard InChI is InChI=1S/C17H25ClFNO2S/c1-16(2,3)23(22)20-15(12-5-4-6-13(18)11-12)17(21)9-7-14(19)8-10-17/h4-6,11,14-15,20-21H,7-10H2,1-3H3/t14?,15-,17?,23-/m0/s1. The molecule has 1 aliphatic carbocycles. The smallest absolute Gasteiger partial charge is 0.100 e. The first-order valence-electron chi connectivity index (χ1n) is 7.92. The van der Waals surface area contributed by atoms with E-state index in [9.17, 15) is 13.7 Å². The molecule has 2 N–H and O–H groups in total. The molecule has 0 saturated heterocycles. The van der Waals surface area contributed by atoms with Crippen molar-refractivity contribution in [1.29, 1.82) is 0 Å². The first-order valence-corrected chi connectivity index (χ1v) is 9.44. The lowest BCUT2D eigenvalue weighted by atomic mass is 9.77. The molecule has 0 radical (unpaired) electrons. The van der Waals surface area contributed by atoms with Crippen molar-refractivity contribution in [2.45, 2.75) is 69.0 Å². The molecule has 1 fully saturated rings. The number of halogens is 2. The average Bonchev–Trinajstić information content (AvgIpc) is 2.46. The Morgan fingerprint density at radius 2 is 2.00 bits per heavy atom. The van der Waals surface area contributed by atoms with Crippen molar-refractivity contribution in [3.8, 4) is 0 Å². The van der Waals surface area contributed by atoms with Gasteiger partial charge in [-0.2, -0.15) is 0 Å². The van der Waals surface area contributed by atoms with Gasteiger partial charge in [0.2, 0.25) is 0 Å². The molecule has 0 spiro atoms. The SMILES string of the molecule is CC(C)(C)[S@](=O)N[C@@H](c1cccc(Cl)c1)C1(O)CCC(F)CC1. The van der Waals surface area contributed by atoms with Gasteiger partial charge in [0.15, 0.2) is 0 Å². The number of rotatable bonds is 4. The van der Waals surface area contributed by atoms with Gasteiger partial charge < -0.3 is 5.11 Å². The number of aliphatic hydroxyl groups is 1. The summed E-state index contributed by atoms with van der Waals surface area (Å²) < 4.78 is 28.7. The lowest BCUT2D eigenvalue weighted by molar-refractivity contribution is -0.0404. The summed E-state index contributed by atoms with van der Waals surface area (Å²) in [4.78, 5) is 0. The summed E-state index contributed by atoms with van der Waals surface area (Å²) in [5.74, 6) is 0. The molecule has 130 valence electrons. The van der Waals surface area contributed by atoms with Gasteiger partial charge in [-0.15, -0.1) is 0 Å². The van der Waals surface area contributed by atoms with E-state index in [1.807, 2.05) is 26.8 Å². The monoisotopic (exact) mass is 361 g/mol. The number of benzene rings is 1. The van der Waals surface area contributed by atoms with Gasteiger partial charge in [0, 0.05) is 5.02 Å². The molecular weight excluding hydrogens is 337 g/mol. The molecular formula is C17H25ClFNO2S. The first-order chi connectivity index (χ1) is 10.6. The Morgan fingerprint density at radius 1 is 1.39 bits per heavy atom. The number of nitrogens with one attached hydrogen (secondary N) is 1. The minimum Gasteiger partial charge on any atom is -0.388 e.